The molecule has 88 valence electrons. The van der Waals surface area contributed by atoms with Crippen molar-refractivity contribution in [2.75, 3.05) is 7.11 Å². The maximum Gasteiger partial charge on any atom is 0.129 e. The highest BCUT2D eigenvalue weighted by Gasteiger charge is 2.01. The Labute approximate surface area is 99.6 Å². The molecule has 4 nitrogen and oxygen atoms in total. The zero-order chi connectivity index (χ0) is 12.3. The van der Waals surface area contributed by atoms with Crippen molar-refractivity contribution >= 4 is 12.2 Å². The molecular formula is C13H14N2O2. The average molecular weight is 230 g/mol. The maximum absolute atomic E-state index is 9.34. The number of aromatic hydroxyl groups is 1. The molecule has 0 aliphatic heterocycles. The molecule has 0 radical (unpaired) electrons. The van der Waals surface area contributed by atoms with E-state index in [4.69, 9.17) is 4.74 Å². The lowest BCUT2D eigenvalue weighted by Crippen LogP contribution is -1.86. The summed E-state index contributed by atoms with van der Waals surface area (Å²) in [6.07, 6.45) is 3.78. The van der Waals surface area contributed by atoms with Crippen LogP contribution in [0.25, 0.3) is 12.2 Å². The third-order valence-corrected chi connectivity index (χ3v) is 2.38. The van der Waals surface area contributed by atoms with Crippen molar-refractivity contribution in [3.63, 3.8) is 0 Å². The first-order valence-electron chi connectivity index (χ1n) is 5.26. The first-order chi connectivity index (χ1) is 8.19. The van der Waals surface area contributed by atoms with Crippen molar-refractivity contribution in [3.05, 3.63) is 41.2 Å². The number of hydrogen-bond acceptors (Lipinski definition) is 3. The van der Waals surface area contributed by atoms with Crippen LogP contribution in [0.2, 0.25) is 0 Å². The fourth-order valence-electron chi connectivity index (χ4n) is 1.54. The van der Waals surface area contributed by atoms with E-state index in [1.165, 1.54) is 0 Å². The number of hydrogen-bond donors (Lipinski definition) is 2. The molecule has 1 aromatic carbocycles. The number of phenols is 1. The van der Waals surface area contributed by atoms with Gasteiger partial charge in [0.15, 0.2) is 0 Å². The highest BCUT2D eigenvalue weighted by molar-refractivity contribution is 5.71. The third-order valence-electron chi connectivity index (χ3n) is 2.38. The number of aromatic amines is 1. The lowest BCUT2D eigenvalue weighted by molar-refractivity contribution is 0.407. The zero-order valence-corrected chi connectivity index (χ0v) is 9.77. The lowest BCUT2D eigenvalue weighted by atomic mass is 10.1. The van der Waals surface area contributed by atoms with E-state index >= 15 is 0 Å². The summed E-state index contributed by atoms with van der Waals surface area (Å²) in [6, 6.07) is 6.95. The van der Waals surface area contributed by atoms with Crippen molar-refractivity contribution < 1.29 is 9.84 Å². The van der Waals surface area contributed by atoms with Gasteiger partial charge in [-0.25, -0.2) is 0 Å². The van der Waals surface area contributed by atoms with Gasteiger partial charge in [0.25, 0.3) is 0 Å². The van der Waals surface area contributed by atoms with Gasteiger partial charge in [0.05, 0.1) is 12.8 Å². The monoisotopic (exact) mass is 230 g/mol. The Morgan fingerprint density at radius 2 is 2.12 bits per heavy atom. The molecule has 4 heteroatoms. The van der Waals surface area contributed by atoms with E-state index in [0.717, 1.165) is 17.0 Å². The van der Waals surface area contributed by atoms with Crippen LogP contribution < -0.4 is 4.74 Å². The normalized spacial score (nSPS) is 10.9. The molecule has 17 heavy (non-hydrogen) atoms. The summed E-state index contributed by atoms with van der Waals surface area (Å²) in [5.74, 6) is 0.822. The number of aromatic nitrogens is 2. The molecule has 0 saturated carbocycles. The molecule has 0 amide bonds. The minimum atomic E-state index is 0.189. The van der Waals surface area contributed by atoms with Crippen LogP contribution >= 0.6 is 0 Å². The first kappa shape index (κ1) is 11.3. The van der Waals surface area contributed by atoms with Crippen LogP contribution in [0.3, 0.4) is 0 Å². The van der Waals surface area contributed by atoms with E-state index in [1.807, 2.05) is 25.1 Å². The molecule has 2 rings (SSSR count). The standard InChI is InChI=1S/C13H14N2O2/c1-9-7-11(15-14-9)5-3-10-4-6-12(16)8-13(10)17-2/h3-8,16H,1-2H3,(H,14,15)/b5-3+. The van der Waals surface area contributed by atoms with Crippen molar-refractivity contribution in [3.8, 4) is 11.5 Å². The lowest BCUT2D eigenvalue weighted by Gasteiger charge is -2.04. The van der Waals surface area contributed by atoms with Crippen LogP contribution in [-0.2, 0) is 0 Å². The molecule has 0 aliphatic rings. The number of aryl methyl sites for hydroxylation is 1. The number of nitrogens with one attached hydrogen (secondary N) is 1. The number of phenolic OH excluding ortho intramolecular Hbond substituents is 1. The summed E-state index contributed by atoms with van der Waals surface area (Å²) in [5, 5.41) is 16.3. The number of rotatable bonds is 3. The van der Waals surface area contributed by atoms with Crippen LogP contribution in [0.4, 0.5) is 0 Å². The van der Waals surface area contributed by atoms with Gasteiger partial charge in [-0.15, -0.1) is 0 Å². The molecule has 2 aromatic rings. The van der Waals surface area contributed by atoms with Crippen LogP contribution in [0.15, 0.2) is 24.3 Å². The summed E-state index contributed by atoms with van der Waals surface area (Å²) in [5.41, 5.74) is 2.77. The summed E-state index contributed by atoms with van der Waals surface area (Å²) in [6.45, 7) is 1.95. The fraction of sp³-hybridized carbons (Fsp3) is 0.154. The summed E-state index contributed by atoms with van der Waals surface area (Å²) in [7, 11) is 1.57. The second kappa shape index (κ2) is 4.74. The van der Waals surface area contributed by atoms with E-state index in [2.05, 4.69) is 10.2 Å². The van der Waals surface area contributed by atoms with Gasteiger partial charge in [0.1, 0.15) is 11.5 Å². The van der Waals surface area contributed by atoms with Crippen molar-refractivity contribution in [1.82, 2.24) is 10.2 Å². The van der Waals surface area contributed by atoms with Crippen molar-refractivity contribution in [2.24, 2.45) is 0 Å². The highest BCUT2D eigenvalue weighted by Crippen LogP contribution is 2.25. The molecule has 0 bridgehead atoms. The number of H-pyrrole nitrogens is 1. The van der Waals surface area contributed by atoms with E-state index in [-0.39, 0.29) is 5.75 Å². The van der Waals surface area contributed by atoms with Gasteiger partial charge in [-0.2, -0.15) is 5.10 Å². The Hall–Kier alpha value is -2.23. The van der Waals surface area contributed by atoms with E-state index in [0.29, 0.717) is 5.75 Å². The van der Waals surface area contributed by atoms with Gasteiger partial charge in [-0.1, -0.05) is 0 Å². The molecule has 1 heterocycles. The Bertz CT molecular complexity index is 544. The van der Waals surface area contributed by atoms with E-state index in [1.54, 1.807) is 25.3 Å². The number of benzene rings is 1. The molecule has 0 aliphatic carbocycles. The van der Waals surface area contributed by atoms with Gasteiger partial charge in [0, 0.05) is 17.3 Å². The SMILES string of the molecule is COc1cc(O)ccc1/C=C/c1cc(C)[nH]n1. The molecule has 0 saturated heterocycles. The molecule has 0 fully saturated rings. The van der Waals surface area contributed by atoms with Gasteiger partial charge >= 0.3 is 0 Å². The average Bonchev–Trinajstić information content (AvgIpc) is 2.73. The molecule has 0 unspecified atom stereocenters. The third kappa shape index (κ3) is 2.66. The van der Waals surface area contributed by atoms with Gasteiger partial charge in [-0.05, 0) is 37.3 Å². The molecule has 2 N–H and O–H groups in total. The second-order valence-electron chi connectivity index (χ2n) is 3.74. The topological polar surface area (TPSA) is 58.1 Å². The smallest absolute Gasteiger partial charge is 0.129 e. The molecule has 0 atom stereocenters. The summed E-state index contributed by atoms with van der Waals surface area (Å²) in [4.78, 5) is 0. The molecule has 1 aromatic heterocycles. The largest absolute Gasteiger partial charge is 0.508 e. The minimum absolute atomic E-state index is 0.189. The number of nitrogens with zero attached hydrogens (tertiary/aromatic N) is 1. The summed E-state index contributed by atoms with van der Waals surface area (Å²) < 4.78 is 5.18. The van der Waals surface area contributed by atoms with E-state index in [9.17, 15) is 5.11 Å². The summed E-state index contributed by atoms with van der Waals surface area (Å²) >= 11 is 0. The Morgan fingerprint density at radius 3 is 2.76 bits per heavy atom. The predicted molar refractivity (Wildman–Crippen MR) is 66.9 cm³/mol. The van der Waals surface area contributed by atoms with Gasteiger partial charge < -0.3 is 9.84 Å². The van der Waals surface area contributed by atoms with E-state index < -0.39 is 0 Å². The quantitative estimate of drug-likeness (QED) is 0.852. The Morgan fingerprint density at radius 1 is 1.29 bits per heavy atom. The second-order valence-corrected chi connectivity index (χ2v) is 3.74. The Kier molecular flexibility index (Phi) is 3.14. The van der Waals surface area contributed by atoms with Gasteiger partial charge in [-0.3, -0.25) is 5.10 Å². The number of methoxy groups -OCH3 is 1. The van der Waals surface area contributed by atoms with Crippen molar-refractivity contribution in [1.29, 1.82) is 0 Å². The van der Waals surface area contributed by atoms with Crippen molar-refractivity contribution in [2.45, 2.75) is 6.92 Å². The molecule has 0 spiro atoms. The molecular weight excluding hydrogens is 216 g/mol. The van der Waals surface area contributed by atoms with Gasteiger partial charge in [0.2, 0.25) is 0 Å². The predicted octanol–water partition coefficient (Wildman–Crippen LogP) is 2.60. The van der Waals surface area contributed by atoms with Crippen LogP contribution in [-0.4, -0.2) is 22.4 Å². The zero-order valence-electron chi connectivity index (χ0n) is 9.77. The fourth-order valence-corrected chi connectivity index (χ4v) is 1.54. The van der Waals surface area contributed by atoms with Crippen LogP contribution in [0.1, 0.15) is 17.0 Å². The minimum Gasteiger partial charge on any atom is -0.508 e. The first-order valence-corrected chi connectivity index (χ1v) is 5.26. The highest BCUT2D eigenvalue weighted by atomic mass is 16.5. The van der Waals surface area contributed by atoms with Crippen LogP contribution in [0.5, 0.6) is 11.5 Å². The number of ether oxygens (including phenoxy) is 1. The van der Waals surface area contributed by atoms with Crippen LogP contribution in [0, 0.1) is 6.92 Å². The maximum atomic E-state index is 9.34. The Balaban J connectivity index is 2.26.